The Balaban J connectivity index is 1.65. The summed E-state index contributed by atoms with van der Waals surface area (Å²) in [5, 5.41) is 3.39. The van der Waals surface area contributed by atoms with Gasteiger partial charge in [0.1, 0.15) is 0 Å². The Kier molecular flexibility index (Phi) is 3.41. The zero-order valence-electron chi connectivity index (χ0n) is 10.2. The molecule has 0 saturated carbocycles. The molecular formula is C14H20N2O. The Labute approximate surface area is 103 Å². The third-order valence-corrected chi connectivity index (χ3v) is 3.68. The fraction of sp³-hybridized carbons (Fsp3) is 0.571. The summed E-state index contributed by atoms with van der Waals surface area (Å²) >= 11 is 0. The topological polar surface area (TPSA) is 24.5 Å². The number of nitrogens with one attached hydrogen (secondary N) is 1. The van der Waals surface area contributed by atoms with E-state index in [0.717, 1.165) is 45.9 Å². The predicted octanol–water partition coefficient (Wildman–Crippen LogP) is 1.21. The fourth-order valence-corrected chi connectivity index (χ4v) is 2.50. The van der Waals surface area contributed by atoms with Crippen molar-refractivity contribution in [2.24, 2.45) is 0 Å². The van der Waals surface area contributed by atoms with Crippen molar-refractivity contribution in [3.05, 3.63) is 35.4 Å². The van der Waals surface area contributed by atoms with Gasteiger partial charge in [-0.25, -0.2) is 0 Å². The highest BCUT2D eigenvalue weighted by Gasteiger charge is 2.20. The molecule has 2 fully saturated rings. The average Bonchev–Trinajstić information content (AvgIpc) is 2.28. The number of hydrogen-bond acceptors (Lipinski definition) is 3. The van der Waals surface area contributed by atoms with E-state index in [-0.39, 0.29) is 0 Å². The van der Waals surface area contributed by atoms with E-state index < -0.39 is 0 Å². The van der Waals surface area contributed by atoms with Crippen LogP contribution in [0.4, 0.5) is 0 Å². The lowest BCUT2D eigenvalue weighted by Gasteiger charge is -2.29. The molecule has 3 rings (SSSR count). The third-order valence-electron chi connectivity index (χ3n) is 3.68. The van der Waals surface area contributed by atoms with E-state index in [0.29, 0.717) is 5.92 Å². The standard InChI is InChI=1S/C14H20N2O/c1-2-12(9-16-6-4-15-5-7-16)8-13(3-1)14-10-17-11-14/h1-3,8,14-15H,4-7,9-11H2. The third kappa shape index (κ3) is 2.68. The van der Waals surface area contributed by atoms with E-state index in [1.54, 1.807) is 0 Å². The maximum atomic E-state index is 5.26. The van der Waals surface area contributed by atoms with E-state index in [2.05, 4.69) is 34.5 Å². The number of hydrogen-bond donors (Lipinski definition) is 1. The van der Waals surface area contributed by atoms with Gasteiger partial charge >= 0.3 is 0 Å². The Morgan fingerprint density at radius 3 is 2.76 bits per heavy atom. The zero-order valence-corrected chi connectivity index (χ0v) is 10.2. The molecule has 0 atom stereocenters. The highest BCUT2D eigenvalue weighted by atomic mass is 16.5. The number of rotatable bonds is 3. The van der Waals surface area contributed by atoms with Crippen LogP contribution in [0.15, 0.2) is 24.3 Å². The van der Waals surface area contributed by atoms with E-state index in [9.17, 15) is 0 Å². The maximum absolute atomic E-state index is 5.26. The van der Waals surface area contributed by atoms with Crippen LogP contribution in [-0.2, 0) is 11.3 Å². The maximum Gasteiger partial charge on any atom is 0.0557 e. The second kappa shape index (κ2) is 5.17. The molecule has 3 heteroatoms. The van der Waals surface area contributed by atoms with Crippen LogP contribution in [0, 0.1) is 0 Å². The Hall–Kier alpha value is -0.900. The van der Waals surface area contributed by atoms with Crippen LogP contribution in [-0.4, -0.2) is 44.3 Å². The number of ether oxygens (including phenoxy) is 1. The van der Waals surface area contributed by atoms with Crippen molar-refractivity contribution in [2.45, 2.75) is 12.5 Å². The summed E-state index contributed by atoms with van der Waals surface area (Å²) in [6.45, 7) is 7.46. The highest BCUT2D eigenvalue weighted by Crippen LogP contribution is 2.24. The first-order valence-corrected chi connectivity index (χ1v) is 6.51. The van der Waals surface area contributed by atoms with Crippen LogP contribution in [0.25, 0.3) is 0 Å². The summed E-state index contributed by atoms with van der Waals surface area (Å²) in [4.78, 5) is 2.52. The molecule has 0 amide bonds. The molecule has 0 unspecified atom stereocenters. The minimum atomic E-state index is 0.637. The Morgan fingerprint density at radius 2 is 2.06 bits per heavy atom. The van der Waals surface area contributed by atoms with Gasteiger partial charge in [0.25, 0.3) is 0 Å². The van der Waals surface area contributed by atoms with Gasteiger partial charge in [0.2, 0.25) is 0 Å². The zero-order chi connectivity index (χ0) is 11.5. The van der Waals surface area contributed by atoms with Crippen molar-refractivity contribution in [3.63, 3.8) is 0 Å². The highest BCUT2D eigenvalue weighted by molar-refractivity contribution is 5.27. The molecule has 1 aromatic rings. The molecule has 0 radical (unpaired) electrons. The molecule has 0 spiro atoms. The summed E-state index contributed by atoms with van der Waals surface area (Å²) in [6, 6.07) is 9.01. The number of piperazine rings is 1. The van der Waals surface area contributed by atoms with E-state index >= 15 is 0 Å². The molecule has 2 aliphatic rings. The largest absolute Gasteiger partial charge is 0.380 e. The van der Waals surface area contributed by atoms with Gasteiger partial charge < -0.3 is 10.1 Å². The van der Waals surface area contributed by atoms with Crippen LogP contribution in [0.2, 0.25) is 0 Å². The first-order valence-electron chi connectivity index (χ1n) is 6.51. The first kappa shape index (κ1) is 11.2. The second-order valence-electron chi connectivity index (χ2n) is 5.01. The Bertz CT molecular complexity index is 370. The average molecular weight is 232 g/mol. The summed E-state index contributed by atoms with van der Waals surface area (Å²) in [5.41, 5.74) is 2.89. The summed E-state index contributed by atoms with van der Waals surface area (Å²) in [6.07, 6.45) is 0. The lowest BCUT2D eigenvalue weighted by atomic mass is 9.96. The molecular weight excluding hydrogens is 212 g/mol. The van der Waals surface area contributed by atoms with Crippen molar-refractivity contribution < 1.29 is 4.74 Å². The van der Waals surface area contributed by atoms with Crippen molar-refractivity contribution >= 4 is 0 Å². The van der Waals surface area contributed by atoms with Crippen LogP contribution in [0.1, 0.15) is 17.0 Å². The van der Waals surface area contributed by atoms with Gasteiger partial charge in [0, 0.05) is 38.6 Å². The molecule has 1 aromatic carbocycles. The minimum absolute atomic E-state index is 0.637. The lowest BCUT2D eigenvalue weighted by molar-refractivity contribution is 0.00838. The normalized spacial score (nSPS) is 22.4. The van der Waals surface area contributed by atoms with Gasteiger partial charge in [-0.15, -0.1) is 0 Å². The number of benzene rings is 1. The fourth-order valence-electron chi connectivity index (χ4n) is 2.50. The lowest BCUT2D eigenvalue weighted by Crippen LogP contribution is -2.42. The molecule has 1 N–H and O–H groups in total. The van der Waals surface area contributed by atoms with Crippen LogP contribution < -0.4 is 5.32 Å². The molecule has 2 saturated heterocycles. The molecule has 2 aliphatic heterocycles. The van der Waals surface area contributed by atoms with E-state index in [1.165, 1.54) is 11.1 Å². The van der Waals surface area contributed by atoms with Crippen molar-refractivity contribution in [1.29, 1.82) is 0 Å². The molecule has 3 nitrogen and oxygen atoms in total. The molecule has 0 aromatic heterocycles. The molecule has 92 valence electrons. The van der Waals surface area contributed by atoms with Gasteiger partial charge in [-0.3, -0.25) is 4.90 Å². The molecule has 0 bridgehead atoms. The van der Waals surface area contributed by atoms with Crippen molar-refractivity contribution in [2.75, 3.05) is 39.4 Å². The van der Waals surface area contributed by atoms with E-state index in [1.807, 2.05) is 0 Å². The second-order valence-corrected chi connectivity index (χ2v) is 5.01. The van der Waals surface area contributed by atoms with Crippen LogP contribution in [0.3, 0.4) is 0 Å². The molecule has 17 heavy (non-hydrogen) atoms. The molecule has 0 aliphatic carbocycles. The number of nitrogens with zero attached hydrogens (tertiary/aromatic N) is 1. The minimum Gasteiger partial charge on any atom is -0.380 e. The van der Waals surface area contributed by atoms with Gasteiger partial charge in [-0.05, 0) is 11.1 Å². The summed E-state index contributed by atoms with van der Waals surface area (Å²) in [7, 11) is 0. The predicted molar refractivity (Wildman–Crippen MR) is 68.1 cm³/mol. The van der Waals surface area contributed by atoms with Crippen molar-refractivity contribution in [3.8, 4) is 0 Å². The summed E-state index contributed by atoms with van der Waals surface area (Å²) < 4.78 is 5.26. The van der Waals surface area contributed by atoms with Gasteiger partial charge in [-0.1, -0.05) is 24.3 Å². The quantitative estimate of drug-likeness (QED) is 0.847. The van der Waals surface area contributed by atoms with Crippen LogP contribution >= 0.6 is 0 Å². The van der Waals surface area contributed by atoms with Gasteiger partial charge in [-0.2, -0.15) is 0 Å². The van der Waals surface area contributed by atoms with Crippen molar-refractivity contribution in [1.82, 2.24) is 10.2 Å². The monoisotopic (exact) mass is 232 g/mol. The van der Waals surface area contributed by atoms with Crippen LogP contribution in [0.5, 0.6) is 0 Å². The summed E-state index contributed by atoms with van der Waals surface area (Å²) in [5.74, 6) is 0.637. The SMILES string of the molecule is c1cc(CN2CCNCC2)cc(C2COC2)c1. The first-order chi connectivity index (χ1) is 8.42. The van der Waals surface area contributed by atoms with Gasteiger partial charge in [0.05, 0.1) is 13.2 Å². The van der Waals surface area contributed by atoms with Gasteiger partial charge in [0.15, 0.2) is 0 Å². The Morgan fingerprint density at radius 1 is 1.24 bits per heavy atom. The van der Waals surface area contributed by atoms with E-state index in [4.69, 9.17) is 4.74 Å². The smallest absolute Gasteiger partial charge is 0.0557 e. The molecule has 2 heterocycles.